The fourth-order valence-electron chi connectivity index (χ4n) is 2.65. The van der Waals surface area contributed by atoms with Gasteiger partial charge in [0.05, 0.1) is 18.9 Å². The summed E-state index contributed by atoms with van der Waals surface area (Å²) in [5.74, 6) is 0.489. The summed E-state index contributed by atoms with van der Waals surface area (Å²) in [6, 6.07) is 15.3. The summed E-state index contributed by atoms with van der Waals surface area (Å²) in [5.41, 5.74) is 1.87. The molecule has 0 spiro atoms. The van der Waals surface area contributed by atoms with E-state index >= 15 is 0 Å². The van der Waals surface area contributed by atoms with Crippen LogP contribution in [-0.2, 0) is 16.0 Å². The summed E-state index contributed by atoms with van der Waals surface area (Å²) >= 11 is 1.46. The maximum absolute atomic E-state index is 12.6. The molecule has 2 aromatic rings. The van der Waals surface area contributed by atoms with Crippen molar-refractivity contribution in [3.8, 4) is 5.75 Å². The molecule has 1 unspecified atom stereocenters. The van der Waals surface area contributed by atoms with E-state index in [0.29, 0.717) is 0 Å². The fourth-order valence-corrected chi connectivity index (χ4v) is 3.64. The first-order chi connectivity index (χ1) is 12.9. The highest BCUT2D eigenvalue weighted by atomic mass is 32.2. The molecule has 6 heteroatoms. The zero-order valence-corrected chi connectivity index (χ0v) is 17.0. The number of nitrogens with one attached hydrogen (secondary N) is 1. The smallest absolute Gasteiger partial charge is 0.243 e. The number of carbonyl (C=O) groups excluding carboxylic acids is 2. The first kappa shape index (κ1) is 20.8. The van der Waals surface area contributed by atoms with Crippen molar-refractivity contribution >= 4 is 29.3 Å². The number of rotatable bonds is 8. The number of carbonyl (C=O) groups is 2. The Bertz CT molecular complexity index is 777. The van der Waals surface area contributed by atoms with Gasteiger partial charge in [-0.3, -0.25) is 9.59 Å². The van der Waals surface area contributed by atoms with E-state index in [4.69, 9.17) is 4.74 Å². The second-order valence-corrected chi connectivity index (χ2v) is 7.60. The van der Waals surface area contributed by atoms with Gasteiger partial charge in [0, 0.05) is 17.6 Å². The number of para-hydroxylation sites is 1. The Morgan fingerprint density at radius 2 is 1.81 bits per heavy atom. The topological polar surface area (TPSA) is 58.6 Å². The number of benzene rings is 2. The van der Waals surface area contributed by atoms with Gasteiger partial charge in [0.1, 0.15) is 5.75 Å². The number of methoxy groups -OCH3 is 1. The van der Waals surface area contributed by atoms with Gasteiger partial charge in [-0.05, 0) is 49.2 Å². The standard InChI is InChI=1S/C21H26N2O3S/c1-5-16-8-6-7-9-19(16)22-20(24)14-23(3)21(25)15(2)27-18-12-10-17(26-4)11-13-18/h6-13,15H,5,14H2,1-4H3,(H,22,24). The molecule has 2 aromatic carbocycles. The highest BCUT2D eigenvalue weighted by Gasteiger charge is 2.21. The van der Waals surface area contributed by atoms with Crippen molar-refractivity contribution in [2.45, 2.75) is 30.4 Å². The average Bonchev–Trinajstić information content (AvgIpc) is 2.68. The largest absolute Gasteiger partial charge is 0.497 e. The predicted molar refractivity (Wildman–Crippen MR) is 110 cm³/mol. The van der Waals surface area contributed by atoms with Crippen molar-refractivity contribution in [3.63, 3.8) is 0 Å². The third-order valence-electron chi connectivity index (χ3n) is 4.15. The van der Waals surface area contributed by atoms with Crippen molar-refractivity contribution in [2.24, 2.45) is 0 Å². The molecule has 1 N–H and O–H groups in total. The molecular weight excluding hydrogens is 360 g/mol. The number of hydrogen-bond acceptors (Lipinski definition) is 4. The van der Waals surface area contributed by atoms with E-state index in [1.54, 1.807) is 14.2 Å². The number of aryl methyl sites for hydroxylation is 1. The Labute approximate surface area is 165 Å². The lowest BCUT2D eigenvalue weighted by Crippen LogP contribution is -2.39. The lowest BCUT2D eigenvalue weighted by Gasteiger charge is -2.21. The minimum atomic E-state index is -0.292. The van der Waals surface area contributed by atoms with Gasteiger partial charge in [-0.25, -0.2) is 0 Å². The molecule has 5 nitrogen and oxygen atoms in total. The van der Waals surface area contributed by atoms with E-state index in [1.165, 1.54) is 16.7 Å². The monoisotopic (exact) mass is 386 g/mol. The number of ether oxygens (including phenoxy) is 1. The van der Waals surface area contributed by atoms with E-state index in [9.17, 15) is 9.59 Å². The molecule has 0 heterocycles. The molecular formula is C21H26N2O3S. The van der Waals surface area contributed by atoms with Gasteiger partial charge in [-0.15, -0.1) is 11.8 Å². The second kappa shape index (κ2) is 10.0. The lowest BCUT2D eigenvalue weighted by molar-refractivity contribution is -0.132. The normalized spacial score (nSPS) is 11.6. The van der Waals surface area contributed by atoms with Crippen LogP contribution in [0.5, 0.6) is 5.75 Å². The molecule has 0 aromatic heterocycles. The molecule has 1 atom stereocenters. The van der Waals surface area contributed by atoms with Gasteiger partial charge in [0.15, 0.2) is 0 Å². The first-order valence-electron chi connectivity index (χ1n) is 8.88. The van der Waals surface area contributed by atoms with Crippen LogP contribution in [0.15, 0.2) is 53.4 Å². The highest BCUT2D eigenvalue weighted by molar-refractivity contribution is 8.00. The third-order valence-corrected chi connectivity index (χ3v) is 5.25. The average molecular weight is 387 g/mol. The lowest BCUT2D eigenvalue weighted by atomic mass is 10.1. The minimum absolute atomic E-state index is 0.0182. The molecule has 0 fully saturated rings. The summed E-state index contributed by atoms with van der Waals surface area (Å²) in [4.78, 5) is 27.3. The summed E-state index contributed by atoms with van der Waals surface area (Å²) in [6.07, 6.45) is 0.834. The van der Waals surface area contributed by atoms with Crippen molar-refractivity contribution < 1.29 is 14.3 Å². The zero-order valence-electron chi connectivity index (χ0n) is 16.2. The molecule has 27 heavy (non-hydrogen) atoms. The van der Waals surface area contributed by atoms with Crippen molar-refractivity contribution in [1.82, 2.24) is 4.90 Å². The molecule has 0 saturated carbocycles. The zero-order chi connectivity index (χ0) is 19.8. The Morgan fingerprint density at radius 1 is 1.15 bits per heavy atom. The van der Waals surface area contributed by atoms with Crippen LogP contribution in [0.25, 0.3) is 0 Å². The van der Waals surface area contributed by atoms with E-state index in [2.05, 4.69) is 5.32 Å². The Hall–Kier alpha value is -2.47. The first-order valence-corrected chi connectivity index (χ1v) is 9.76. The van der Waals surface area contributed by atoms with Crippen LogP contribution in [0.4, 0.5) is 5.69 Å². The van der Waals surface area contributed by atoms with Crippen LogP contribution in [0.1, 0.15) is 19.4 Å². The van der Waals surface area contributed by atoms with Crippen molar-refractivity contribution in [1.29, 1.82) is 0 Å². The van der Waals surface area contributed by atoms with E-state index in [-0.39, 0.29) is 23.6 Å². The number of anilines is 1. The van der Waals surface area contributed by atoms with Crippen LogP contribution < -0.4 is 10.1 Å². The van der Waals surface area contributed by atoms with Crippen LogP contribution in [0, 0.1) is 0 Å². The van der Waals surface area contributed by atoms with Crippen LogP contribution in [0.2, 0.25) is 0 Å². The van der Waals surface area contributed by atoms with Crippen LogP contribution in [-0.4, -0.2) is 42.7 Å². The van der Waals surface area contributed by atoms with Gasteiger partial charge in [-0.2, -0.15) is 0 Å². The molecule has 2 rings (SSSR count). The summed E-state index contributed by atoms with van der Waals surface area (Å²) in [7, 11) is 3.27. The van der Waals surface area contributed by atoms with Crippen LogP contribution in [0.3, 0.4) is 0 Å². The van der Waals surface area contributed by atoms with Gasteiger partial charge in [0.25, 0.3) is 0 Å². The van der Waals surface area contributed by atoms with Gasteiger partial charge >= 0.3 is 0 Å². The van der Waals surface area contributed by atoms with Gasteiger partial charge in [-0.1, -0.05) is 25.1 Å². The Balaban J connectivity index is 1.90. The third kappa shape index (κ3) is 6.03. The molecule has 2 amide bonds. The quantitative estimate of drug-likeness (QED) is 0.701. The van der Waals surface area contributed by atoms with Gasteiger partial charge in [0.2, 0.25) is 11.8 Å². The molecule has 144 valence electrons. The minimum Gasteiger partial charge on any atom is -0.497 e. The predicted octanol–water partition coefficient (Wildman–Crippen LogP) is 3.84. The molecule has 0 saturated heterocycles. The Kier molecular flexibility index (Phi) is 7.73. The van der Waals surface area contributed by atoms with Crippen molar-refractivity contribution in [2.75, 3.05) is 26.0 Å². The molecule has 0 aliphatic carbocycles. The molecule has 0 aliphatic heterocycles. The van der Waals surface area contributed by atoms with Gasteiger partial charge < -0.3 is 15.0 Å². The molecule has 0 bridgehead atoms. The van der Waals surface area contributed by atoms with E-state index < -0.39 is 0 Å². The SMILES string of the molecule is CCc1ccccc1NC(=O)CN(C)C(=O)C(C)Sc1ccc(OC)cc1. The highest BCUT2D eigenvalue weighted by Crippen LogP contribution is 2.26. The van der Waals surface area contributed by atoms with Crippen LogP contribution >= 0.6 is 11.8 Å². The number of thioether (sulfide) groups is 1. The number of likely N-dealkylation sites (N-methyl/N-ethyl adjacent to an activating group) is 1. The summed E-state index contributed by atoms with van der Waals surface area (Å²) < 4.78 is 5.14. The summed E-state index contributed by atoms with van der Waals surface area (Å²) in [5, 5.41) is 2.60. The molecule has 0 aliphatic rings. The number of hydrogen-bond donors (Lipinski definition) is 1. The Morgan fingerprint density at radius 3 is 2.44 bits per heavy atom. The molecule has 0 radical (unpaired) electrons. The fraction of sp³-hybridized carbons (Fsp3) is 0.333. The maximum Gasteiger partial charge on any atom is 0.243 e. The van der Waals surface area contributed by atoms with Crippen molar-refractivity contribution in [3.05, 3.63) is 54.1 Å². The maximum atomic E-state index is 12.6. The second-order valence-electron chi connectivity index (χ2n) is 6.19. The number of amides is 2. The number of nitrogens with zero attached hydrogens (tertiary/aromatic N) is 1. The van der Waals surface area contributed by atoms with E-state index in [1.807, 2.05) is 62.4 Å². The summed E-state index contributed by atoms with van der Waals surface area (Å²) in [6.45, 7) is 3.90. The van der Waals surface area contributed by atoms with E-state index in [0.717, 1.165) is 28.3 Å².